The highest BCUT2D eigenvalue weighted by Crippen LogP contribution is 2.33. The molecule has 0 unspecified atom stereocenters. The number of pyridine rings is 1. The second kappa shape index (κ2) is 7.02. The van der Waals surface area contributed by atoms with Crippen molar-refractivity contribution in [1.82, 2.24) is 4.98 Å². The third-order valence-corrected chi connectivity index (χ3v) is 5.51. The van der Waals surface area contributed by atoms with Crippen LogP contribution in [0.2, 0.25) is 5.02 Å². The highest BCUT2D eigenvalue weighted by Gasteiger charge is 2.25. The van der Waals surface area contributed by atoms with E-state index in [1.807, 2.05) is 30.3 Å². The van der Waals surface area contributed by atoms with Gasteiger partial charge in [0.25, 0.3) is 0 Å². The minimum atomic E-state index is 0.465. The van der Waals surface area contributed by atoms with Gasteiger partial charge in [-0.05, 0) is 36.8 Å². The van der Waals surface area contributed by atoms with E-state index in [9.17, 15) is 4.79 Å². The number of aromatic nitrogens is 1. The fraction of sp³-hybridized carbons (Fsp3) is 0.250. The summed E-state index contributed by atoms with van der Waals surface area (Å²) in [5, 5.41) is 2.11. The summed E-state index contributed by atoms with van der Waals surface area (Å²) in [5.41, 5.74) is 1.73. The topological polar surface area (TPSA) is 33.2 Å². The molecule has 114 valence electrons. The van der Waals surface area contributed by atoms with E-state index in [0.717, 1.165) is 46.5 Å². The molecule has 0 spiro atoms. The van der Waals surface area contributed by atoms with Crippen molar-refractivity contribution in [2.45, 2.75) is 16.7 Å². The lowest BCUT2D eigenvalue weighted by atomic mass is 10.2. The maximum Gasteiger partial charge on any atom is 0.152 e. The summed E-state index contributed by atoms with van der Waals surface area (Å²) in [7, 11) is 0. The maximum atomic E-state index is 11.2. The monoisotopic (exact) mass is 396 g/mol. The molecule has 6 heteroatoms. The Bertz CT molecular complexity index is 680. The van der Waals surface area contributed by atoms with Gasteiger partial charge in [-0.15, -0.1) is 11.8 Å². The molecule has 0 aliphatic carbocycles. The van der Waals surface area contributed by atoms with Gasteiger partial charge in [-0.1, -0.05) is 27.5 Å². The standard InChI is InChI=1S/C16H14BrClN2OS/c17-12-2-1-11(10-21)15(7-12)20-6-5-14(9-20)22-16-4-3-13(18)8-19-16/h1-4,7-8,10,14H,5-6,9H2/t14-/m0/s1. The molecule has 22 heavy (non-hydrogen) atoms. The van der Waals surface area contributed by atoms with E-state index >= 15 is 0 Å². The molecule has 1 saturated heterocycles. The largest absolute Gasteiger partial charge is 0.370 e. The van der Waals surface area contributed by atoms with Crippen LogP contribution in [-0.2, 0) is 0 Å². The van der Waals surface area contributed by atoms with Crippen LogP contribution >= 0.6 is 39.3 Å². The van der Waals surface area contributed by atoms with Crippen molar-refractivity contribution < 1.29 is 4.79 Å². The van der Waals surface area contributed by atoms with Gasteiger partial charge in [0.1, 0.15) is 0 Å². The van der Waals surface area contributed by atoms with Crippen molar-refractivity contribution in [3.8, 4) is 0 Å². The molecule has 1 aliphatic rings. The predicted molar refractivity (Wildman–Crippen MR) is 95.3 cm³/mol. The molecule has 1 aromatic carbocycles. The van der Waals surface area contributed by atoms with Crippen molar-refractivity contribution in [3.05, 3.63) is 51.6 Å². The highest BCUT2D eigenvalue weighted by atomic mass is 79.9. The molecule has 3 nitrogen and oxygen atoms in total. The molecular weight excluding hydrogens is 384 g/mol. The Morgan fingerprint density at radius 3 is 2.95 bits per heavy atom. The Morgan fingerprint density at radius 1 is 1.36 bits per heavy atom. The number of aldehydes is 1. The number of hydrogen-bond acceptors (Lipinski definition) is 4. The molecule has 2 heterocycles. The number of carbonyl (C=O) groups excluding carboxylic acids is 1. The Balaban J connectivity index is 1.71. The number of thioether (sulfide) groups is 1. The van der Waals surface area contributed by atoms with E-state index in [0.29, 0.717) is 10.3 Å². The molecule has 1 aliphatic heterocycles. The first-order chi connectivity index (χ1) is 10.7. The molecule has 0 amide bonds. The van der Waals surface area contributed by atoms with E-state index < -0.39 is 0 Å². The molecule has 3 rings (SSSR count). The van der Waals surface area contributed by atoms with Gasteiger partial charge >= 0.3 is 0 Å². The zero-order chi connectivity index (χ0) is 15.5. The van der Waals surface area contributed by atoms with Gasteiger partial charge in [0, 0.05) is 40.3 Å². The van der Waals surface area contributed by atoms with E-state index in [1.165, 1.54) is 0 Å². The van der Waals surface area contributed by atoms with E-state index in [2.05, 4.69) is 25.8 Å². The Morgan fingerprint density at radius 2 is 2.23 bits per heavy atom. The van der Waals surface area contributed by atoms with Crippen molar-refractivity contribution in [1.29, 1.82) is 0 Å². The van der Waals surface area contributed by atoms with Gasteiger partial charge in [0.15, 0.2) is 6.29 Å². The fourth-order valence-electron chi connectivity index (χ4n) is 2.54. The first-order valence-corrected chi connectivity index (χ1v) is 8.98. The van der Waals surface area contributed by atoms with Crippen molar-refractivity contribution in [2.75, 3.05) is 18.0 Å². The number of anilines is 1. The van der Waals surface area contributed by atoms with E-state index in [4.69, 9.17) is 11.6 Å². The Hall–Kier alpha value is -1.04. The highest BCUT2D eigenvalue weighted by molar-refractivity contribution is 9.10. The van der Waals surface area contributed by atoms with Crippen LogP contribution in [0.3, 0.4) is 0 Å². The summed E-state index contributed by atoms with van der Waals surface area (Å²) in [6.45, 7) is 1.86. The van der Waals surface area contributed by atoms with Crippen LogP contribution in [0.4, 0.5) is 5.69 Å². The average molecular weight is 398 g/mol. The molecule has 1 aromatic heterocycles. The van der Waals surface area contributed by atoms with Crippen LogP contribution in [0.25, 0.3) is 0 Å². The van der Waals surface area contributed by atoms with Gasteiger partial charge in [-0.25, -0.2) is 4.98 Å². The average Bonchev–Trinajstić information content (AvgIpc) is 2.98. The number of rotatable bonds is 4. The Kier molecular flexibility index (Phi) is 5.06. The third kappa shape index (κ3) is 3.65. The lowest BCUT2D eigenvalue weighted by molar-refractivity contribution is 0.112. The summed E-state index contributed by atoms with van der Waals surface area (Å²) in [6.07, 6.45) is 3.66. The summed E-state index contributed by atoms with van der Waals surface area (Å²) in [5.74, 6) is 0. The summed E-state index contributed by atoms with van der Waals surface area (Å²) < 4.78 is 0.989. The molecule has 1 fully saturated rings. The fourth-order valence-corrected chi connectivity index (χ4v) is 4.08. The number of nitrogens with zero attached hydrogens (tertiary/aromatic N) is 2. The van der Waals surface area contributed by atoms with Crippen molar-refractivity contribution >= 4 is 51.3 Å². The minimum Gasteiger partial charge on any atom is -0.370 e. The predicted octanol–water partition coefficient (Wildman–Crippen LogP) is 4.68. The van der Waals surface area contributed by atoms with Gasteiger partial charge in [-0.2, -0.15) is 0 Å². The van der Waals surface area contributed by atoms with Crippen LogP contribution in [0.1, 0.15) is 16.8 Å². The number of carbonyl (C=O) groups is 1. The molecular formula is C16H14BrClN2OS. The van der Waals surface area contributed by atoms with Crippen molar-refractivity contribution in [2.24, 2.45) is 0 Å². The van der Waals surface area contributed by atoms with Crippen LogP contribution in [0.5, 0.6) is 0 Å². The smallest absolute Gasteiger partial charge is 0.152 e. The zero-order valence-corrected chi connectivity index (χ0v) is 14.9. The van der Waals surface area contributed by atoms with E-state index in [1.54, 1.807) is 18.0 Å². The van der Waals surface area contributed by atoms with E-state index in [-0.39, 0.29) is 0 Å². The first-order valence-electron chi connectivity index (χ1n) is 6.93. The lowest BCUT2D eigenvalue weighted by Crippen LogP contribution is -2.21. The van der Waals surface area contributed by atoms with Crippen LogP contribution in [-0.4, -0.2) is 29.6 Å². The number of hydrogen-bond donors (Lipinski definition) is 0. The molecule has 0 N–H and O–H groups in total. The van der Waals surface area contributed by atoms with Gasteiger partial charge in [-0.3, -0.25) is 4.79 Å². The summed E-state index contributed by atoms with van der Waals surface area (Å²) in [6, 6.07) is 9.58. The normalized spacial score (nSPS) is 17.7. The minimum absolute atomic E-state index is 0.465. The molecule has 0 radical (unpaired) electrons. The summed E-state index contributed by atoms with van der Waals surface area (Å²) >= 11 is 11.1. The van der Waals surface area contributed by atoms with Crippen LogP contribution in [0.15, 0.2) is 46.0 Å². The number of halogens is 2. The quantitative estimate of drug-likeness (QED) is 0.701. The second-order valence-corrected chi connectivity index (χ2v) is 7.78. The van der Waals surface area contributed by atoms with Crippen LogP contribution < -0.4 is 4.90 Å². The van der Waals surface area contributed by atoms with Crippen LogP contribution in [0, 0.1) is 0 Å². The van der Waals surface area contributed by atoms with Gasteiger partial charge in [0.05, 0.1) is 10.0 Å². The second-order valence-electron chi connectivity index (χ2n) is 5.11. The van der Waals surface area contributed by atoms with Gasteiger partial charge < -0.3 is 4.90 Å². The first kappa shape index (κ1) is 15.8. The third-order valence-electron chi connectivity index (χ3n) is 3.59. The Labute approximate surface area is 147 Å². The molecule has 0 bridgehead atoms. The van der Waals surface area contributed by atoms with Gasteiger partial charge in [0.2, 0.25) is 0 Å². The molecule has 2 aromatic rings. The SMILES string of the molecule is O=Cc1ccc(Br)cc1N1CC[C@H](Sc2ccc(Cl)cn2)C1. The summed E-state index contributed by atoms with van der Waals surface area (Å²) in [4.78, 5) is 17.8. The van der Waals surface area contributed by atoms with Crippen molar-refractivity contribution in [3.63, 3.8) is 0 Å². The lowest BCUT2D eigenvalue weighted by Gasteiger charge is -2.20. The molecule has 1 atom stereocenters. The zero-order valence-electron chi connectivity index (χ0n) is 11.7. The molecule has 0 saturated carbocycles. The maximum absolute atomic E-state index is 11.2. The number of benzene rings is 1.